The largest absolute Gasteiger partial charge is 0.495 e. The van der Waals surface area contributed by atoms with Gasteiger partial charge < -0.3 is 34.3 Å². The lowest BCUT2D eigenvalue weighted by Gasteiger charge is -2.33. The monoisotopic (exact) mass is 640 g/mol. The Morgan fingerprint density at radius 3 is 2.34 bits per heavy atom. The second kappa shape index (κ2) is 13.5. The Morgan fingerprint density at radius 1 is 1.09 bits per heavy atom. The molecule has 1 amide bonds. The van der Waals surface area contributed by atoms with Crippen LogP contribution < -0.4 is 10.1 Å². The van der Waals surface area contributed by atoms with Crippen molar-refractivity contribution in [3.8, 4) is 11.8 Å². The zero-order valence-corrected chi connectivity index (χ0v) is 26.5. The van der Waals surface area contributed by atoms with Crippen LogP contribution in [0.3, 0.4) is 0 Å². The Hall–Kier alpha value is -4.83. The number of aliphatic hydroxyl groups is 1. The van der Waals surface area contributed by atoms with E-state index in [1.54, 1.807) is 12.1 Å². The zero-order valence-electron chi connectivity index (χ0n) is 26.5. The minimum atomic E-state index is -0.674. The number of fused-ring (bicyclic) bond motifs is 2. The van der Waals surface area contributed by atoms with Crippen molar-refractivity contribution in [1.82, 2.24) is 15.2 Å². The molecule has 4 aliphatic rings. The number of hydrogen-bond donors (Lipinski definition) is 2. The molecule has 2 atom stereocenters. The fourth-order valence-corrected chi connectivity index (χ4v) is 6.35. The SMILES string of the molecule is COc1cc(C(=O)NC2CCN(CC(O)c3ccc4c(c3C)COC4=O)CC2)ncc1C#N.Cc1c([C@@H]2CO2)ccc2c1COC2=O. The summed E-state index contributed by atoms with van der Waals surface area (Å²) in [5, 5.41) is 22.9. The molecule has 0 bridgehead atoms. The summed E-state index contributed by atoms with van der Waals surface area (Å²) in [5.74, 6) is -0.500. The van der Waals surface area contributed by atoms with Crippen LogP contribution in [0.1, 0.15) is 95.2 Å². The van der Waals surface area contributed by atoms with Crippen molar-refractivity contribution in [3.05, 3.63) is 92.3 Å². The van der Waals surface area contributed by atoms with E-state index in [-0.39, 0.29) is 47.9 Å². The first-order valence-electron chi connectivity index (χ1n) is 15.5. The topological polar surface area (TPSA) is 164 Å². The number of nitriles is 1. The third-order valence-electron chi connectivity index (χ3n) is 9.25. The Balaban J connectivity index is 0.000000227. The maximum atomic E-state index is 12.6. The average Bonchev–Trinajstić information content (AvgIpc) is 3.75. The van der Waals surface area contributed by atoms with Crippen molar-refractivity contribution >= 4 is 17.8 Å². The Bertz CT molecular complexity index is 1770. The number of rotatable bonds is 7. The van der Waals surface area contributed by atoms with Crippen molar-refractivity contribution in [2.45, 2.75) is 58.2 Å². The van der Waals surface area contributed by atoms with E-state index in [9.17, 15) is 19.5 Å². The minimum absolute atomic E-state index is 0.000720. The first-order chi connectivity index (χ1) is 22.7. The van der Waals surface area contributed by atoms with Crippen LogP contribution in [0.25, 0.3) is 0 Å². The summed E-state index contributed by atoms with van der Waals surface area (Å²) in [7, 11) is 1.44. The molecular formula is C35H36N4O8. The number of methoxy groups -OCH3 is 1. The molecule has 2 aromatic carbocycles. The maximum absolute atomic E-state index is 12.6. The summed E-state index contributed by atoms with van der Waals surface area (Å²) >= 11 is 0. The molecule has 0 aliphatic carbocycles. The van der Waals surface area contributed by atoms with Gasteiger partial charge in [0.15, 0.2) is 0 Å². The van der Waals surface area contributed by atoms with Gasteiger partial charge in [0, 0.05) is 49.1 Å². The van der Waals surface area contributed by atoms with Crippen molar-refractivity contribution in [3.63, 3.8) is 0 Å². The van der Waals surface area contributed by atoms with E-state index in [2.05, 4.69) is 15.2 Å². The molecule has 2 N–H and O–H groups in total. The molecule has 4 aliphatic heterocycles. The molecule has 1 aromatic heterocycles. The number of amides is 1. The predicted molar refractivity (Wildman–Crippen MR) is 167 cm³/mol. The average molecular weight is 641 g/mol. The lowest BCUT2D eigenvalue weighted by atomic mass is 9.94. The first kappa shape index (κ1) is 32.1. The molecule has 2 fully saturated rings. The second-order valence-corrected chi connectivity index (χ2v) is 12.0. The van der Waals surface area contributed by atoms with Crippen LogP contribution in [0.5, 0.6) is 5.75 Å². The lowest BCUT2D eigenvalue weighted by molar-refractivity contribution is 0.0526. The van der Waals surface area contributed by atoms with Gasteiger partial charge in [0.2, 0.25) is 0 Å². The quantitative estimate of drug-likeness (QED) is 0.286. The zero-order chi connectivity index (χ0) is 33.2. The van der Waals surface area contributed by atoms with Crippen LogP contribution in [-0.4, -0.2) is 72.2 Å². The van der Waals surface area contributed by atoms with Crippen LogP contribution in [0.15, 0.2) is 36.5 Å². The van der Waals surface area contributed by atoms with Gasteiger partial charge in [0.25, 0.3) is 5.91 Å². The van der Waals surface area contributed by atoms with Gasteiger partial charge in [0.05, 0.1) is 30.9 Å². The molecule has 12 nitrogen and oxygen atoms in total. The van der Waals surface area contributed by atoms with Gasteiger partial charge in [-0.2, -0.15) is 5.26 Å². The fourth-order valence-electron chi connectivity index (χ4n) is 6.35. The molecule has 12 heteroatoms. The van der Waals surface area contributed by atoms with Gasteiger partial charge in [-0.3, -0.25) is 4.79 Å². The van der Waals surface area contributed by atoms with Crippen molar-refractivity contribution in [2.75, 3.05) is 33.4 Å². The number of β-amino-alcohol motifs (C(OH)–C–C–N with tert-alkyl or cyclic N) is 1. The Labute approximate surface area is 272 Å². The minimum Gasteiger partial charge on any atom is -0.495 e. The van der Waals surface area contributed by atoms with Gasteiger partial charge in [-0.15, -0.1) is 0 Å². The summed E-state index contributed by atoms with van der Waals surface area (Å²) in [6.45, 7) is 7.35. The van der Waals surface area contributed by atoms with Gasteiger partial charge in [-0.25, -0.2) is 14.6 Å². The van der Waals surface area contributed by atoms with Crippen LogP contribution in [-0.2, 0) is 27.4 Å². The number of esters is 2. The number of likely N-dealkylation sites (tertiary alicyclic amines) is 1. The third-order valence-corrected chi connectivity index (χ3v) is 9.25. The molecular weight excluding hydrogens is 604 g/mol. The number of pyridine rings is 1. The molecule has 0 radical (unpaired) electrons. The normalized spacial score (nSPS) is 18.9. The van der Waals surface area contributed by atoms with E-state index >= 15 is 0 Å². The van der Waals surface area contributed by atoms with E-state index in [1.807, 2.05) is 32.0 Å². The standard InChI is InChI=1S/C24H26N4O5.C11H10O3/c1-14-17(3-4-18-19(14)13-33-24(18)31)21(29)12-28-7-5-16(6-8-28)27-23(30)20-9-22(32-2)15(10-25)11-26-20;1-6-7(10-5-13-10)2-3-8-9(6)4-14-11(8)12/h3-4,9,11,16,21,29H,5-8,12-13H2,1-2H3,(H,27,30);2-3,10H,4-5H2,1H3/t;10-/m.0/s1. The van der Waals surface area contributed by atoms with Gasteiger partial charge in [-0.1, -0.05) is 12.1 Å². The summed E-state index contributed by atoms with van der Waals surface area (Å²) in [5.41, 5.74) is 7.71. The third kappa shape index (κ3) is 6.69. The second-order valence-electron chi connectivity index (χ2n) is 12.0. The molecule has 5 heterocycles. The smallest absolute Gasteiger partial charge is 0.338 e. The number of ether oxygens (including phenoxy) is 4. The van der Waals surface area contributed by atoms with Crippen LogP contribution in [0, 0.1) is 25.2 Å². The molecule has 3 aromatic rings. The van der Waals surface area contributed by atoms with E-state index in [4.69, 9.17) is 24.2 Å². The summed E-state index contributed by atoms with van der Waals surface area (Å²) in [4.78, 5) is 41.8. The molecule has 2 saturated heterocycles. The summed E-state index contributed by atoms with van der Waals surface area (Å²) < 4.78 is 20.5. The van der Waals surface area contributed by atoms with Crippen LogP contribution >= 0.6 is 0 Å². The number of carbonyl (C=O) groups is 3. The fraction of sp³-hybridized carbons (Fsp3) is 0.400. The highest BCUT2D eigenvalue weighted by molar-refractivity contribution is 5.94. The number of aromatic nitrogens is 1. The molecule has 244 valence electrons. The number of nitrogens with one attached hydrogen (secondary N) is 1. The van der Waals surface area contributed by atoms with Crippen molar-refractivity contribution in [2.24, 2.45) is 0 Å². The van der Waals surface area contributed by atoms with Gasteiger partial charge in [0.1, 0.15) is 42.4 Å². The van der Waals surface area contributed by atoms with Gasteiger partial charge >= 0.3 is 11.9 Å². The summed E-state index contributed by atoms with van der Waals surface area (Å²) in [6.07, 6.45) is 2.40. The number of piperidine rings is 1. The van der Waals surface area contributed by atoms with E-state index in [1.165, 1.54) is 24.9 Å². The highest BCUT2D eigenvalue weighted by Gasteiger charge is 2.31. The molecule has 0 saturated carbocycles. The highest BCUT2D eigenvalue weighted by Crippen LogP contribution is 2.36. The molecule has 47 heavy (non-hydrogen) atoms. The number of hydrogen-bond acceptors (Lipinski definition) is 11. The van der Waals surface area contributed by atoms with E-state index in [0.29, 0.717) is 30.0 Å². The van der Waals surface area contributed by atoms with Crippen molar-refractivity contribution < 1.29 is 38.4 Å². The Kier molecular flexibility index (Phi) is 9.22. The predicted octanol–water partition coefficient (Wildman–Crippen LogP) is 3.61. The number of nitrogens with zero attached hydrogens (tertiary/aromatic N) is 3. The Morgan fingerprint density at radius 2 is 1.72 bits per heavy atom. The number of aliphatic hydroxyl groups excluding tert-OH is 1. The maximum Gasteiger partial charge on any atom is 0.338 e. The molecule has 1 unspecified atom stereocenters. The number of epoxide rings is 1. The number of cyclic esters (lactones) is 2. The number of carbonyl (C=O) groups excluding carboxylic acids is 3. The van der Waals surface area contributed by atoms with E-state index in [0.717, 1.165) is 60.4 Å². The highest BCUT2D eigenvalue weighted by atomic mass is 16.6. The van der Waals surface area contributed by atoms with E-state index < -0.39 is 6.10 Å². The lowest BCUT2D eigenvalue weighted by Crippen LogP contribution is -2.45. The molecule has 7 rings (SSSR count). The molecule has 0 spiro atoms. The first-order valence-corrected chi connectivity index (χ1v) is 15.5. The number of benzene rings is 2. The van der Waals surface area contributed by atoms with Crippen molar-refractivity contribution in [1.29, 1.82) is 5.26 Å². The van der Waals surface area contributed by atoms with Crippen LogP contribution in [0.2, 0.25) is 0 Å². The van der Waals surface area contributed by atoms with Gasteiger partial charge in [-0.05, 0) is 61.1 Å². The summed E-state index contributed by atoms with van der Waals surface area (Å²) in [6, 6.07) is 10.8. The van der Waals surface area contributed by atoms with Crippen LogP contribution in [0.4, 0.5) is 0 Å².